The van der Waals surface area contributed by atoms with Gasteiger partial charge in [0.2, 0.25) is 0 Å². The summed E-state index contributed by atoms with van der Waals surface area (Å²) in [5, 5.41) is 9.81. The number of hydrogen-bond acceptors (Lipinski definition) is 2. The summed E-state index contributed by atoms with van der Waals surface area (Å²) in [4.78, 5) is 10.3. The summed E-state index contributed by atoms with van der Waals surface area (Å²) < 4.78 is 0. The molecule has 0 amide bonds. The van der Waals surface area contributed by atoms with E-state index in [0.29, 0.717) is 17.9 Å². The molecule has 0 aliphatic heterocycles. The van der Waals surface area contributed by atoms with Gasteiger partial charge in [-0.15, -0.1) is 0 Å². The van der Waals surface area contributed by atoms with Gasteiger partial charge in [0.1, 0.15) is 12.0 Å². The van der Waals surface area contributed by atoms with Crippen LogP contribution in [0.3, 0.4) is 0 Å². The van der Waals surface area contributed by atoms with E-state index in [1.165, 1.54) is 0 Å². The van der Waals surface area contributed by atoms with Crippen LogP contribution < -0.4 is 0 Å². The number of hydrogen-bond donors (Lipinski definition) is 1. The van der Waals surface area contributed by atoms with E-state index in [-0.39, 0.29) is 5.75 Å². The minimum Gasteiger partial charge on any atom is -0.506 e. The summed E-state index contributed by atoms with van der Waals surface area (Å²) in [6.45, 7) is 3.76. The Balaban J connectivity index is 3.15. The summed E-state index contributed by atoms with van der Waals surface area (Å²) >= 11 is 5.90. The molecule has 1 aromatic rings. The number of benzene rings is 1. The second-order valence-corrected chi connectivity index (χ2v) is 3.71. The SMILES string of the molecule is Cc1cc(O)c(Cl)c(C)c1CCC=O. The second-order valence-electron chi connectivity index (χ2n) is 3.34. The lowest BCUT2D eigenvalue weighted by molar-refractivity contribution is -0.107. The van der Waals surface area contributed by atoms with Gasteiger partial charge in [-0.25, -0.2) is 0 Å². The first kappa shape index (κ1) is 11.1. The highest BCUT2D eigenvalue weighted by Gasteiger charge is 2.10. The van der Waals surface area contributed by atoms with Gasteiger partial charge >= 0.3 is 0 Å². The van der Waals surface area contributed by atoms with Gasteiger partial charge in [-0.1, -0.05) is 11.6 Å². The van der Waals surface area contributed by atoms with E-state index in [0.717, 1.165) is 23.0 Å². The molecular formula is C11H13ClO2. The molecule has 0 unspecified atom stereocenters. The molecule has 0 saturated heterocycles. The molecule has 0 heterocycles. The maximum Gasteiger partial charge on any atom is 0.134 e. The van der Waals surface area contributed by atoms with Crippen LogP contribution in [0.2, 0.25) is 5.02 Å². The topological polar surface area (TPSA) is 37.3 Å². The summed E-state index contributed by atoms with van der Waals surface area (Å²) in [5.74, 6) is 0.108. The molecule has 14 heavy (non-hydrogen) atoms. The van der Waals surface area contributed by atoms with Gasteiger partial charge in [0.25, 0.3) is 0 Å². The Morgan fingerprint density at radius 2 is 2.14 bits per heavy atom. The number of aryl methyl sites for hydroxylation is 1. The molecule has 3 heteroatoms. The van der Waals surface area contributed by atoms with E-state index in [4.69, 9.17) is 11.6 Å². The third-order valence-corrected chi connectivity index (χ3v) is 2.83. The van der Waals surface area contributed by atoms with E-state index < -0.39 is 0 Å². The average molecular weight is 213 g/mol. The number of carbonyl (C=O) groups is 1. The van der Waals surface area contributed by atoms with Crippen molar-refractivity contribution >= 4 is 17.9 Å². The predicted octanol–water partition coefficient (Wildman–Crippen LogP) is 2.79. The normalized spacial score (nSPS) is 10.2. The summed E-state index contributed by atoms with van der Waals surface area (Å²) in [6, 6.07) is 1.63. The quantitative estimate of drug-likeness (QED) is 0.783. The molecule has 0 aliphatic carbocycles. The number of aromatic hydroxyl groups is 1. The smallest absolute Gasteiger partial charge is 0.134 e. The zero-order valence-electron chi connectivity index (χ0n) is 8.30. The highest BCUT2D eigenvalue weighted by Crippen LogP contribution is 2.32. The van der Waals surface area contributed by atoms with Crippen molar-refractivity contribution in [2.75, 3.05) is 0 Å². The second kappa shape index (κ2) is 4.47. The highest BCUT2D eigenvalue weighted by molar-refractivity contribution is 6.32. The molecule has 0 spiro atoms. The van der Waals surface area contributed by atoms with Crippen LogP contribution in [0.1, 0.15) is 23.1 Å². The summed E-state index contributed by atoms with van der Waals surface area (Å²) in [5.41, 5.74) is 2.90. The molecule has 0 saturated carbocycles. The van der Waals surface area contributed by atoms with E-state index in [1.54, 1.807) is 6.07 Å². The zero-order valence-corrected chi connectivity index (χ0v) is 9.06. The van der Waals surface area contributed by atoms with Crippen LogP contribution in [-0.4, -0.2) is 11.4 Å². The minimum absolute atomic E-state index is 0.108. The Morgan fingerprint density at radius 3 is 2.71 bits per heavy atom. The maximum atomic E-state index is 10.3. The van der Waals surface area contributed by atoms with Crippen molar-refractivity contribution in [2.24, 2.45) is 0 Å². The van der Waals surface area contributed by atoms with Crippen LogP contribution in [0, 0.1) is 13.8 Å². The van der Waals surface area contributed by atoms with Gasteiger partial charge in [0.05, 0.1) is 5.02 Å². The molecule has 0 fully saturated rings. The van der Waals surface area contributed by atoms with Crippen molar-refractivity contribution < 1.29 is 9.90 Å². The van der Waals surface area contributed by atoms with Crippen LogP contribution in [0.5, 0.6) is 5.75 Å². The molecule has 1 rings (SSSR count). The van der Waals surface area contributed by atoms with E-state index in [9.17, 15) is 9.90 Å². The lowest BCUT2D eigenvalue weighted by Gasteiger charge is -2.11. The third-order valence-electron chi connectivity index (χ3n) is 2.35. The maximum absolute atomic E-state index is 10.3. The van der Waals surface area contributed by atoms with Gasteiger partial charge in [0, 0.05) is 6.42 Å². The van der Waals surface area contributed by atoms with Crippen molar-refractivity contribution in [1.29, 1.82) is 0 Å². The van der Waals surface area contributed by atoms with E-state index in [2.05, 4.69) is 0 Å². The van der Waals surface area contributed by atoms with Gasteiger partial charge in [-0.3, -0.25) is 0 Å². The molecule has 0 radical (unpaired) electrons. The monoisotopic (exact) mass is 212 g/mol. The number of carbonyl (C=O) groups excluding carboxylic acids is 1. The number of rotatable bonds is 3. The first-order chi connectivity index (χ1) is 6.57. The van der Waals surface area contributed by atoms with Gasteiger partial charge in [-0.2, -0.15) is 0 Å². The number of halogens is 1. The fourth-order valence-electron chi connectivity index (χ4n) is 1.56. The Bertz CT molecular complexity index is 359. The Morgan fingerprint density at radius 1 is 1.50 bits per heavy atom. The molecule has 2 nitrogen and oxygen atoms in total. The Labute approximate surface area is 88.5 Å². The fraction of sp³-hybridized carbons (Fsp3) is 0.364. The third kappa shape index (κ3) is 2.07. The standard InChI is InChI=1S/C11H13ClO2/c1-7-6-10(14)11(12)8(2)9(7)4-3-5-13/h5-6,14H,3-4H2,1-2H3. The van der Waals surface area contributed by atoms with Crippen molar-refractivity contribution in [3.63, 3.8) is 0 Å². The van der Waals surface area contributed by atoms with Crippen LogP contribution in [-0.2, 0) is 11.2 Å². The number of phenols is 1. The lowest BCUT2D eigenvalue weighted by Crippen LogP contribution is -1.95. The molecule has 1 N–H and O–H groups in total. The van der Waals surface area contributed by atoms with Crippen LogP contribution in [0.4, 0.5) is 0 Å². The molecule has 0 atom stereocenters. The Kier molecular flexibility index (Phi) is 3.53. The van der Waals surface area contributed by atoms with Crippen molar-refractivity contribution in [3.8, 4) is 5.75 Å². The molecule has 76 valence electrons. The van der Waals surface area contributed by atoms with Gasteiger partial charge in [0.15, 0.2) is 0 Å². The molecule has 1 aromatic carbocycles. The fourth-order valence-corrected chi connectivity index (χ4v) is 1.73. The number of aldehydes is 1. The molecular weight excluding hydrogens is 200 g/mol. The largest absolute Gasteiger partial charge is 0.506 e. The van der Waals surface area contributed by atoms with Crippen LogP contribution in [0.25, 0.3) is 0 Å². The predicted molar refractivity (Wildman–Crippen MR) is 57.0 cm³/mol. The van der Waals surface area contributed by atoms with Crippen molar-refractivity contribution in [2.45, 2.75) is 26.7 Å². The molecule has 0 aromatic heterocycles. The Hall–Kier alpha value is -1.02. The van der Waals surface area contributed by atoms with Crippen LogP contribution in [0.15, 0.2) is 6.07 Å². The highest BCUT2D eigenvalue weighted by atomic mass is 35.5. The van der Waals surface area contributed by atoms with Crippen molar-refractivity contribution in [3.05, 3.63) is 27.8 Å². The van der Waals surface area contributed by atoms with Crippen molar-refractivity contribution in [1.82, 2.24) is 0 Å². The lowest BCUT2D eigenvalue weighted by atomic mass is 9.98. The van der Waals surface area contributed by atoms with Gasteiger partial charge in [-0.05, 0) is 43.0 Å². The first-order valence-electron chi connectivity index (χ1n) is 4.49. The summed E-state index contributed by atoms with van der Waals surface area (Å²) in [6.07, 6.45) is 2.06. The van der Waals surface area contributed by atoms with E-state index in [1.807, 2.05) is 13.8 Å². The zero-order chi connectivity index (χ0) is 10.7. The van der Waals surface area contributed by atoms with Gasteiger partial charge < -0.3 is 9.90 Å². The minimum atomic E-state index is 0.108. The first-order valence-corrected chi connectivity index (χ1v) is 4.87. The number of phenolic OH excluding ortho intramolecular Hbond substituents is 1. The molecule has 0 bridgehead atoms. The average Bonchev–Trinajstić information content (AvgIpc) is 2.14. The van der Waals surface area contributed by atoms with Crippen LogP contribution >= 0.6 is 11.6 Å². The van der Waals surface area contributed by atoms with E-state index >= 15 is 0 Å². The summed E-state index contributed by atoms with van der Waals surface area (Å²) in [7, 11) is 0. The molecule has 0 aliphatic rings.